The van der Waals surface area contributed by atoms with E-state index in [9.17, 15) is 5.11 Å². The highest BCUT2D eigenvalue weighted by atomic mass is 16.5. The van der Waals surface area contributed by atoms with Gasteiger partial charge in [0.15, 0.2) is 5.82 Å². The summed E-state index contributed by atoms with van der Waals surface area (Å²) >= 11 is 0. The van der Waals surface area contributed by atoms with E-state index in [0.717, 1.165) is 6.54 Å². The molecule has 1 aliphatic rings. The van der Waals surface area contributed by atoms with Crippen molar-refractivity contribution in [1.82, 2.24) is 15.0 Å². The van der Waals surface area contributed by atoms with E-state index in [2.05, 4.69) is 15.0 Å². The Kier molecular flexibility index (Phi) is 2.52. The van der Waals surface area contributed by atoms with Crippen molar-refractivity contribution in [3.8, 4) is 0 Å². The first-order chi connectivity index (χ1) is 6.65. The maximum Gasteiger partial charge on any atom is 0.240 e. The van der Waals surface area contributed by atoms with Crippen LogP contribution >= 0.6 is 0 Å². The first-order valence-corrected chi connectivity index (χ1v) is 4.85. The lowest BCUT2D eigenvalue weighted by Gasteiger charge is -2.10. The lowest BCUT2D eigenvalue weighted by molar-refractivity contribution is 0.146. The molecule has 1 saturated heterocycles. The Morgan fingerprint density at radius 2 is 2.36 bits per heavy atom. The van der Waals surface area contributed by atoms with Gasteiger partial charge in [0.1, 0.15) is 0 Å². The number of aromatic nitrogens is 2. The molecule has 2 rings (SSSR count). The zero-order valence-corrected chi connectivity index (χ0v) is 8.47. The second-order valence-electron chi connectivity index (χ2n) is 3.97. The first-order valence-electron chi connectivity index (χ1n) is 4.85. The number of rotatable bonds is 2. The topological polar surface area (TPSA) is 62.4 Å². The normalized spacial score (nSPS) is 28.5. The van der Waals surface area contributed by atoms with E-state index in [1.807, 2.05) is 6.92 Å². The van der Waals surface area contributed by atoms with Gasteiger partial charge in [0.2, 0.25) is 5.89 Å². The molecule has 2 atom stereocenters. The van der Waals surface area contributed by atoms with E-state index >= 15 is 0 Å². The molecule has 0 radical (unpaired) electrons. The van der Waals surface area contributed by atoms with Crippen molar-refractivity contribution >= 4 is 0 Å². The third-order valence-corrected chi connectivity index (χ3v) is 2.58. The highest BCUT2D eigenvalue weighted by Gasteiger charge is 2.28. The summed E-state index contributed by atoms with van der Waals surface area (Å²) in [6.45, 7) is 6.08. The van der Waals surface area contributed by atoms with Crippen LogP contribution in [0.3, 0.4) is 0 Å². The standard InChI is InChI=1S/C9H15N3O2/c1-6-3-12(4-8(6)13)5-9-10-7(2)11-14-9/h6,8,13H,3-5H2,1-2H3. The summed E-state index contributed by atoms with van der Waals surface area (Å²) in [4.78, 5) is 6.25. The second-order valence-corrected chi connectivity index (χ2v) is 3.97. The maximum absolute atomic E-state index is 9.54. The fourth-order valence-corrected chi connectivity index (χ4v) is 1.77. The Morgan fingerprint density at radius 3 is 2.86 bits per heavy atom. The van der Waals surface area contributed by atoms with E-state index < -0.39 is 0 Å². The number of aryl methyl sites for hydroxylation is 1. The van der Waals surface area contributed by atoms with E-state index in [-0.39, 0.29) is 6.10 Å². The third-order valence-electron chi connectivity index (χ3n) is 2.58. The Morgan fingerprint density at radius 1 is 1.57 bits per heavy atom. The van der Waals surface area contributed by atoms with Crippen LogP contribution in [0.5, 0.6) is 0 Å². The minimum atomic E-state index is -0.223. The number of β-amino-alcohol motifs (C(OH)–C–C–N with tert-alkyl or cyclic N) is 1. The molecule has 2 heterocycles. The quantitative estimate of drug-likeness (QED) is 0.733. The molecule has 1 N–H and O–H groups in total. The summed E-state index contributed by atoms with van der Waals surface area (Å²) < 4.78 is 5.01. The molecule has 0 aromatic carbocycles. The number of likely N-dealkylation sites (tertiary alicyclic amines) is 1. The van der Waals surface area contributed by atoms with Gasteiger partial charge in [-0.15, -0.1) is 0 Å². The van der Waals surface area contributed by atoms with E-state index in [1.165, 1.54) is 0 Å². The van der Waals surface area contributed by atoms with Crippen molar-refractivity contribution in [1.29, 1.82) is 0 Å². The molecule has 0 bridgehead atoms. The van der Waals surface area contributed by atoms with Gasteiger partial charge in [-0.3, -0.25) is 4.90 Å². The van der Waals surface area contributed by atoms with Gasteiger partial charge in [0, 0.05) is 13.1 Å². The SMILES string of the molecule is Cc1noc(CN2CC(C)C(O)C2)n1. The average Bonchev–Trinajstić information content (AvgIpc) is 2.62. The van der Waals surface area contributed by atoms with Crippen molar-refractivity contribution in [3.05, 3.63) is 11.7 Å². The molecule has 1 aromatic heterocycles. The zero-order valence-electron chi connectivity index (χ0n) is 8.47. The number of nitrogens with zero attached hydrogens (tertiary/aromatic N) is 3. The number of aliphatic hydroxyl groups is 1. The van der Waals surface area contributed by atoms with Crippen molar-refractivity contribution in [3.63, 3.8) is 0 Å². The van der Waals surface area contributed by atoms with Gasteiger partial charge in [0.25, 0.3) is 0 Å². The number of hydrogen-bond acceptors (Lipinski definition) is 5. The molecule has 5 heteroatoms. The zero-order chi connectivity index (χ0) is 10.1. The van der Waals surface area contributed by atoms with Gasteiger partial charge in [0.05, 0.1) is 12.6 Å². The van der Waals surface area contributed by atoms with Crippen LogP contribution in [0.2, 0.25) is 0 Å². The third kappa shape index (κ3) is 1.93. The molecule has 0 aliphatic carbocycles. The molecule has 1 aliphatic heterocycles. The molecular weight excluding hydrogens is 182 g/mol. The van der Waals surface area contributed by atoms with Crippen molar-refractivity contribution in [2.24, 2.45) is 5.92 Å². The molecule has 1 fully saturated rings. The lowest BCUT2D eigenvalue weighted by Crippen LogP contribution is -2.21. The smallest absolute Gasteiger partial charge is 0.240 e. The molecule has 0 spiro atoms. The Labute approximate surface area is 82.7 Å². The van der Waals surface area contributed by atoms with Crippen LogP contribution in [0.25, 0.3) is 0 Å². The summed E-state index contributed by atoms with van der Waals surface area (Å²) in [6.07, 6.45) is -0.223. The van der Waals surface area contributed by atoms with Gasteiger partial charge in [-0.1, -0.05) is 12.1 Å². The van der Waals surface area contributed by atoms with Crippen LogP contribution in [0.15, 0.2) is 4.52 Å². The van der Waals surface area contributed by atoms with Gasteiger partial charge < -0.3 is 9.63 Å². The number of hydrogen-bond donors (Lipinski definition) is 1. The molecule has 14 heavy (non-hydrogen) atoms. The Hall–Kier alpha value is -0.940. The van der Waals surface area contributed by atoms with Gasteiger partial charge in [-0.2, -0.15) is 4.98 Å². The summed E-state index contributed by atoms with van der Waals surface area (Å²) in [5.74, 6) is 1.62. The summed E-state index contributed by atoms with van der Waals surface area (Å²) in [5.41, 5.74) is 0. The van der Waals surface area contributed by atoms with Crippen LogP contribution in [0, 0.1) is 12.8 Å². The lowest BCUT2D eigenvalue weighted by atomic mass is 10.1. The molecular formula is C9H15N3O2. The molecule has 2 unspecified atom stereocenters. The summed E-state index contributed by atoms with van der Waals surface area (Å²) in [7, 11) is 0. The Bertz CT molecular complexity index is 303. The fourth-order valence-electron chi connectivity index (χ4n) is 1.77. The highest BCUT2D eigenvalue weighted by molar-refractivity contribution is 4.87. The van der Waals surface area contributed by atoms with E-state index in [4.69, 9.17) is 4.52 Å². The molecule has 0 amide bonds. The summed E-state index contributed by atoms with van der Waals surface area (Å²) in [5, 5.41) is 13.3. The van der Waals surface area contributed by atoms with Crippen molar-refractivity contribution in [2.45, 2.75) is 26.5 Å². The Balaban J connectivity index is 1.93. The van der Waals surface area contributed by atoms with Gasteiger partial charge in [-0.05, 0) is 12.8 Å². The largest absolute Gasteiger partial charge is 0.391 e. The van der Waals surface area contributed by atoms with Crippen LogP contribution < -0.4 is 0 Å². The molecule has 0 saturated carbocycles. The minimum Gasteiger partial charge on any atom is -0.391 e. The minimum absolute atomic E-state index is 0.223. The highest BCUT2D eigenvalue weighted by Crippen LogP contribution is 2.17. The van der Waals surface area contributed by atoms with Crippen LogP contribution in [-0.2, 0) is 6.54 Å². The molecule has 5 nitrogen and oxygen atoms in total. The fraction of sp³-hybridized carbons (Fsp3) is 0.778. The van der Waals surface area contributed by atoms with Crippen LogP contribution in [0.4, 0.5) is 0 Å². The van der Waals surface area contributed by atoms with Crippen molar-refractivity contribution < 1.29 is 9.63 Å². The average molecular weight is 197 g/mol. The van der Waals surface area contributed by atoms with Crippen molar-refractivity contribution in [2.75, 3.05) is 13.1 Å². The van der Waals surface area contributed by atoms with Gasteiger partial charge in [-0.25, -0.2) is 0 Å². The molecule has 1 aromatic rings. The van der Waals surface area contributed by atoms with Gasteiger partial charge >= 0.3 is 0 Å². The predicted molar refractivity (Wildman–Crippen MR) is 49.5 cm³/mol. The van der Waals surface area contributed by atoms with Crippen LogP contribution in [0.1, 0.15) is 18.6 Å². The predicted octanol–water partition coefficient (Wildman–Crippen LogP) is 0.191. The molecule has 78 valence electrons. The van der Waals surface area contributed by atoms with E-state index in [0.29, 0.717) is 30.7 Å². The number of aliphatic hydroxyl groups excluding tert-OH is 1. The monoisotopic (exact) mass is 197 g/mol. The van der Waals surface area contributed by atoms with Crippen LogP contribution in [-0.4, -0.2) is 39.3 Å². The second kappa shape index (κ2) is 3.67. The first kappa shape index (κ1) is 9.61. The maximum atomic E-state index is 9.54. The van der Waals surface area contributed by atoms with E-state index in [1.54, 1.807) is 6.92 Å². The summed E-state index contributed by atoms with van der Waals surface area (Å²) in [6, 6.07) is 0.